The van der Waals surface area contributed by atoms with E-state index >= 15 is 0 Å². The SMILES string of the molecule is C[C@@]1(O)CCCN(c2nc(OC[C@@]34CCCN3C[C@H](F)C4)nc(/C(N)=N/O)n2)C1. The quantitative estimate of drug-likeness (QED) is 0.271. The minimum absolute atomic E-state index is 0.00622. The molecule has 4 rings (SSSR count). The minimum atomic E-state index is -0.855. The molecule has 0 aromatic carbocycles. The fraction of sp³-hybridized carbons (Fsp3) is 0.778. The number of rotatable bonds is 5. The second kappa shape index (κ2) is 7.52. The van der Waals surface area contributed by atoms with Crippen LogP contribution in [-0.4, -0.2) is 86.1 Å². The van der Waals surface area contributed by atoms with E-state index in [1.54, 1.807) is 6.92 Å². The zero-order valence-corrected chi connectivity index (χ0v) is 16.6. The summed E-state index contributed by atoms with van der Waals surface area (Å²) >= 11 is 0. The van der Waals surface area contributed by atoms with Gasteiger partial charge in [-0.05, 0) is 39.2 Å². The fourth-order valence-electron chi connectivity index (χ4n) is 4.75. The molecule has 3 atom stereocenters. The van der Waals surface area contributed by atoms with E-state index in [1.807, 2.05) is 4.90 Å². The molecular weight excluding hydrogens is 381 g/mol. The van der Waals surface area contributed by atoms with Crippen LogP contribution in [0.15, 0.2) is 5.16 Å². The number of ether oxygens (including phenoxy) is 1. The van der Waals surface area contributed by atoms with Crippen molar-refractivity contribution >= 4 is 11.8 Å². The number of aliphatic hydroxyl groups is 1. The van der Waals surface area contributed by atoms with Gasteiger partial charge in [0, 0.05) is 26.1 Å². The van der Waals surface area contributed by atoms with Crippen molar-refractivity contribution in [1.29, 1.82) is 0 Å². The number of hydrogen-bond donors (Lipinski definition) is 3. The van der Waals surface area contributed by atoms with E-state index in [2.05, 4.69) is 25.0 Å². The zero-order chi connectivity index (χ0) is 20.6. The maximum atomic E-state index is 14.0. The van der Waals surface area contributed by atoms with Crippen LogP contribution in [0.1, 0.15) is 44.9 Å². The number of oxime groups is 1. The van der Waals surface area contributed by atoms with Gasteiger partial charge in [0.2, 0.25) is 17.6 Å². The lowest BCUT2D eigenvalue weighted by molar-refractivity contribution is 0.0443. The second-order valence-corrected chi connectivity index (χ2v) is 8.61. The fourth-order valence-corrected chi connectivity index (χ4v) is 4.75. The van der Waals surface area contributed by atoms with E-state index in [0.29, 0.717) is 38.4 Å². The zero-order valence-electron chi connectivity index (χ0n) is 16.6. The van der Waals surface area contributed by atoms with E-state index in [4.69, 9.17) is 15.7 Å². The summed E-state index contributed by atoms with van der Waals surface area (Å²) in [6, 6.07) is 0.0466. The molecule has 3 aliphatic heterocycles. The summed E-state index contributed by atoms with van der Waals surface area (Å²) in [7, 11) is 0. The molecule has 3 aliphatic rings. The molecule has 0 bridgehead atoms. The standard InChI is InChI=1S/C18H28FN7O3/c1-17(27)4-2-6-25(10-17)15-21-14(13(20)24-28)22-16(23-15)29-11-18-5-3-7-26(18)9-12(19)8-18/h12,27-28H,2-11H2,1H3,(H2,20,24)/t12-,17-,18+/m1/s1. The van der Waals surface area contributed by atoms with E-state index in [-0.39, 0.29) is 29.8 Å². The van der Waals surface area contributed by atoms with Crippen molar-refractivity contribution in [3.63, 3.8) is 0 Å². The van der Waals surface area contributed by atoms with Gasteiger partial charge in [-0.3, -0.25) is 4.90 Å². The molecule has 4 N–H and O–H groups in total. The summed E-state index contributed by atoms with van der Waals surface area (Å²) in [4.78, 5) is 16.8. The van der Waals surface area contributed by atoms with Gasteiger partial charge in [-0.15, -0.1) is 0 Å². The number of β-amino-alcohol motifs (C(OH)–C–C–N with tert-alkyl or cyclic N) is 1. The van der Waals surface area contributed by atoms with Gasteiger partial charge in [0.25, 0.3) is 0 Å². The minimum Gasteiger partial charge on any atom is -0.461 e. The summed E-state index contributed by atoms with van der Waals surface area (Å²) < 4.78 is 19.9. The average Bonchev–Trinajstić information content (AvgIpc) is 3.20. The third-order valence-corrected chi connectivity index (χ3v) is 6.13. The Labute approximate surface area is 168 Å². The van der Waals surface area contributed by atoms with Crippen molar-refractivity contribution in [2.75, 3.05) is 37.7 Å². The Hall–Kier alpha value is -2.27. The third kappa shape index (κ3) is 4.06. The van der Waals surface area contributed by atoms with Gasteiger partial charge in [0.1, 0.15) is 12.8 Å². The van der Waals surface area contributed by atoms with Crippen molar-refractivity contribution in [2.45, 2.75) is 56.3 Å². The lowest BCUT2D eigenvalue weighted by atomic mass is 9.95. The van der Waals surface area contributed by atoms with E-state index in [9.17, 15) is 9.50 Å². The molecule has 29 heavy (non-hydrogen) atoms. The smallest absolute Gasteiger partial charge is 0.321 e. The molecule has 0 saturated carbocycles. The molecule has 11 heteroatoms. The van der Waals surface area contributed by atoms with Crippen LogP contribution >= 0.6 is 0 Å². The van der Waals surface area contributed by atoms with Gasteiger partial charge in [-0.1, -0.05) is 5.16 Å². The van der Waals surface area contributed by atoms with Crippen molar-refractivity contribution < 1.29 is 19.4 Å². The van der Waals surface area contributed by atoms with Crippen molar-refractivity contribution in [2.24, 2.45) is 10.9 Å². The molecule has 10 nitrogen and oxygen atoms in total. The number of halogens is 1. The molecule has 0 unspecified atom stereocenters. The van der Waals surface area contributed by atoms with Crippen LogP contribution in [0.25, 0.3) is 0 Å². The maximum Gasteiger partial charge on any atom is 0.321 e. The Bertz CT molecular complexity index is 793. The topological polar surface area (TPSA) is 133 Å². The molecule has 1 aromatic rings. The number of fused-ring (bicyclic) bond motifs is 1. The molecule has 160 valence electrons. The van der Waals surface area contributed by atoms with Crippen LogP contribution in [0.3, 0.4) is 0 Å². The highest BCUT2D eigenvalue weighted by molar-refractivity contribution is 5.93. The molecule has 0 radical (unpaired) electrons. The van der Waals surface area contributed by atoms with Gasteiger partial charge in [-0.25, -0.2) is 4.39 Å². The Morgan fingerprint density at radius 1 is 1.31 bits per heavy atom. The van der Waals surface area contributed by atoms with Crippen LogP contribution in [-0.2, 0) is 0 Å². The Morgan fingerprint density at radius 2 is 2.10 bits per heavy atom. The second-order valence-electron chi connectivity index (χ2n) is 8.61. The van der Waals surface area contributed by atoms with Crippen molar-refractivity contribution in [3.05, 3.63) is 5.82 Å². The molecular formula is C18H28FN7O3. The molecule has 4 heterocycles. The van der Waals surface area contributed by atoms with Crippen LogP contribution in [0.2, 0.25) is 0 Å². The van der Waals surface area contributed by atoms with E-state index in [1.165, 1.54) is 0 Å². The van der Waals surface area contributed by atoms with Crippen molar-refractivity contribution in [3.8, 4) is 6.01 Å². The number of anilines is 1. The van der Waals surface area contributed by atoms with Gasteiger partial charge in [0.15, 0.2) is 0 Å². The van der Waals surface area contributed by atoms with Gasteiger partial charge in [-0.2, -0.15) is 15.0 Å². The van der Waals surface area contributed by atoms with E-state index in [0.717, 1.165) is 25.8 Å². The lowest BCUT2D eigenvalue weighted by Crippen LogP contribution is -2.47. The summed E-state index contributed by atoms with van der Waals surface area (Å²) in [6.07, 6.45) is 2.94. The Morgan fingerprint density at radius 3 is 2.86 bits per heavy atom. The van der Waals surface area contributed by atoms with Crippen LogP contribution in [0, 0.1) is 0 Å². The first kappa shape index (κ1) is 20.0. The first-order valence-corrected chi connectivity index (χ1v) is 10.0. The molecule has 3 saturated heterocycles. The van der Waals surface area contributed by atoms with E-state index < -0.39 is 11.8 Å². The number of nitrogens with zero attached hydrogens (tertiary/aromatic N) is 6. The van der Waals surface area contributed by atoms with Gasteiger partial charge >= 0.3 is 6.01 Å². The van der Waals surface area contributed by atoms with Gasteiger partial charge < -0.3 is 25.7 Å². The lowest BCUT2D eigenvalue weighted by Gasteiger charge is -2.36. The molecule has 0 amide bonds. The number of amidine groups is 1. The summed E-state index contributed by atoms with van der Waals surface area (Å²) in [6.45, 7) is 4.35. The number of aromatic nitrogens is 3. The third-order valence-electron chi connectivity index (χ3n) is 6.13. The monoisotopic (exact) mass is 409 g/mol. The Balaban J connectivity index is 1.58. The average molecular weight is 409 g/mol. The molecule has 1 aromatic heterocycles. The first-order chi connectivity index (χ1) is 13.8. The number of piperidine rings is 1. The van der Waals surface area contributed by atoms with Gasteiger partial charge in [0.05, 0.1) is 11.1 Å². The molecule has 0 spiro atoms. The predicted octanol–water partition coefficient (Wildman–Crippen LogP) is 0.273. The largest absolute Gasteiger partial charge is 0.461 e. The summed E-state index contributed by atoms with van der Waals surface area (Å²) in [5.74, 6) is 0.0352. The number of nitrogens with two attached hydrogens (primary N) is 1. The highest BCUT2D eigenvalue weighted by Crippen LogP contribution is 2.40. The van der Waals surface area contributed by atoms with Crippen molar-refractivity contribution in [1.82, 2.24) is 19.9 Å². The first-order valence-electron chi connectivity index (χ1n) is 10.0. The Kier molecular flexibility index (Phi) is 5.19. The maximum absolute atomic E-state index is 14.0. The van der Waals surface area contributed by atoms with Crippen LogP contribution in [0.4, 0.5) is 10.3 Å². The predicted molar refractivity (Wildman–Crippen MR) is 103 cm³/mol. The van der Waals surface area contributed by atoms with Crippen LogP contribution < -0.4 is 15.4 Å². The van der Waals surface area contributed by atoms with Crippen LogP contribution in [0.5, 0.6) is 6.01 Å². The summed E-state index contributed by atoms with van der Waals surface area (Å²) in [5, 5.41) is 22.4. The normalized spacial score (nSPS) is 33.1. The molecule has 3 fully saturated rings. The highest BCUT2D eigenvalue weighted by atomic mass is 19.1. The number of hydrogen-bond acceptors (Lipinski definition) is 9. The number of alkyl halides is 1. The summed E-state index contributed by atoms with van der Waals surface area (Å²) in [5.41, 5.74) is 4.51. The molecule has 0 aliphatic carbocycles. The highest BCUT2D eigenvalue weighted by Gasteiger charge is 2.49.